The molecule has 2 heterocycles. The lowest BCUT2D eigenvalue weighted by Gasteiger charge is -2.37. The first-order valence-electron chi connectivity index (χ1n) is 5.57. The molecule has 2 saturated heterocycles. The number of rotatable bonds is 3. The minimum atomic E-state index is -0.761. The molecule has 6 heteroatoms. The number of nitrogens with one attached hydrogen (secondary N) is 1. The third-order valence-corrected chi connectivity index (χ3v) is 3.27. The second-order valence-corrected chi connectivity index (χ2v) is 4.53. The molecule has 2 fully saturated rings. The molecule has 16 heavy (non-hydrogen) atoms. The Hall–Kier alpha value is -1.30. The maximum atomic E-state index is 11.3. The molecule has 2 amide bonds. The van der Waals surface area contributed by atoms with E-state index in [1.165, 1.54) is 0 Å². The van der Waals surface area contributed by atoms with Crippen LogP contribution in [0.2, 0.25) is 0 Å². The van der Waals surface area contributed by atoms with E-state index >= 15 is 0 Å². The molecule has 0 aromatic carbocycles. The Morgan fingerprint density at radius 3 is 3.06 bits per heavy atom. The van der Waals surface area contributed by atoms with Crippen molar-refractivity contribution in [1.82, 2.24) is 15.1 Å². The average Bonchev–Trinajstić information content (AvgIpc) is 2.60. The van der Waals surface area contributed by atoms with E-state index in [0.717, 1.165) is 13.1 Å². The highest BCUT2D eigenvalue weighted by Gasteiger charge is 2.35. The molecule has 0 bridgehead atoms. The van der Waals surface area contributed by atoms with E-state index in [0.29, 0.717) is 19.6 Å². The summed E-state index contributed by atoms with van der Waals surface area (Å²) in [6.07, 6.45) is 0. The number of carbonyl (C=O) groups excluding carboxylic acids is 1. The number of amides is 2. The monoisotopic (exact) mass is 227 g/mol. The van der Waals surface area contributed by atoms with Gasteiger partial charge >= 0.3 is 12.0 Å². The molecule has 0 aromatic heterocycles. The van der Waals surface area contributed by atoms with Crippen molar-refractivity contribution in [2.45, 2.75) is 13.0 Å². The molecule has 2 rings (SSSR count). The van der Waals surface area contributed by atoms with Crippen molar-refractivity contribution in [2.75, 3.05) is 32.7 Å². The zero-order valence-corrected chi connectivity index (χ0v) is 9.35. The summed E-state index contributed by atoms with van der Waals surface area (Å²) in [5.74, 6) is -1.11. The van der Waals surface area contributed by atoms with Gasteiger partial charge in [-0.15, -0.1) is 0 Å². The third kappa shape index (κ3) is 2.11. The van der Waals surface area contributed by atoms with Crippen molar-refractivity contribution in [1.29, 1.82) is 0 Å². The van der Waals surface area contributed by atoms with Crippen LogP contribution in [-0.4, -0.2) is 65.7 Å². The molecule has 2 N–H and O–H groups in total. The molecule has 2 aliphatic heterocycles. The van der Waals surface area contributed by atoms with Gasteiger partial charge in [0.05, 0.1) is 12.0 Å². The quantitative estimate of drug-likeness (QED) is 0.676. The summed E-state index contributed by atoms with van der Waals surface area (Å²) < 4.78 is 0. The predicted molar refractivity (Wildman–Crippen MR) is 57.1 cm³/mol. The Balaban J connectivity index is 1.87. The van der Waals surface area contributed by atoms with E-state index in [1.54, 1.807) is 6.92 Å². The lowest BCUT2D eigenvalue weighted by Crippen LogP contribution is -2.53. The molecular weight excluding hydrogens is 210 g/mol. The van der Waals surface area contributed by atoms with Crippen molar-refractivity contribution in [3.63, 3.8) is 0 Å². The molecule has 6 nitrogen and oxygen atoms in total. The summed E-state index contributed by atoms with van der Waals surface area (Å²) in [5, 5.41) is 11.6. The second-order valence-electron chi connectivity index (χ2n) is 4.53. The van der Waals surface area contributed by atoms with Crippen LogP contribution < -0.4 is 5.32 Å². The van der Waals surface area contributed by atoms with Gasteiger partial charge in [-0.25, -0.2) is 4.79 Å². The van der Waals surface area contributed by atoms with Gasteiger partial charge in [0.15, 0.2) is 0 Å². The molecule has 0 aromatic rings. The lowest BCUT2D eigenvalue weighted by molar-refractivity contribution is -0.141. The fourth-order valence-electron chi connectivity index (χ4n) is 2.30. The molecule has 0 radical (unpaired) electrons. The maximum Gasteiger partial charge on any atom is 0.317 e. The number of nitrogens with zero attached hydrogens (tertiary/aromatic N) is 2. The molecule has 0 spiro atoms. The standard InChI is InChI=1S/C10H17N3O3/c1-7(9(14)15)5-12-2-3-13-8(6-12)4-11-10(13)16/h7-8H,2-6H2,1H3,(H,11,16)(H,14,15). The highest BCUT2D eigenvalue weighted by atomic mass is 16.4. The highest BCUT2D eigenvalue weighted by Crippen LogP contribution is 2.15. The fraction of sp³-hybridized carbons (Fsp3) is 0.800. The van der Waals surface area contributed by atoms with Crippen molar-refractivity contribution in [3.05, 3.63) is 0 Å². The number of piperazine rings is 1. The Labute approximate surface area is 94.2 Å². The number of aliphatic carboxylic acids is 1. The van der Waals surface area contributed by atoms with Gasteiger partial charge < -0.3 is 15.3 Å². The van der Waals surface area contributed by atoms with E-state index in [9.17, 15) is 9.59 Å². The van der Waals surface area contributed by atoms with Crippen molar-refractivity contribution >= 4 is 12.0 Å². The summed E-state index contributed by atoms with van der Waals surface area (Å²) in [4.78, 5) is 26.1. The molecule has 2 aliphatic rings. The number of carbonyl (C=O) groups is 2. The Morgan fingerprint density at radius 1 is 1.62 bits per heavy atom. The van der Waals surface area contributed by atoms with Crippen LogP contribution in [0, 0.1) is 5.92 Å². The van der Waals surface area contributed by atoms with Crippen LogP contribution in [0.1, 0.15) is 6.92 Å². The molecule has 2 atom stereocenters. The second kappa shape index (κ2) is 4.29. The van der Waals surface area contributed by atoms with E-state index in [4.69, 9.17) is 5.11 Å². The number of carboxylic acid groups (broad SMARTS) is 1. The minimum absolute atomic E-state index is 0.0101. The van der Waals surface area contributed by atoms with Crippen LogP contribution >= 0.6 is 0 Å². The van der Waals surface area contributed by atoms with Crippen LogP contribution in [0.25, 0.3) is 0 Å². The molecule has 0 saturated carbocycles. The first-order chi connectivity index (χ1) is 7.58. The molecule has 0 aliphatic carbocycles. The predicted octanol–water partition coefficient (Wildman–Crippen LogP) is -0.583. The SMILES string of the molecule is CC(CN1CCN2C(=O)NCC2C1)C(=O)O. The number of hydrogen-bond donors (Lipinski definition) is 2. The highest BCUT2D eigenvalue weighted by molar-refractivity contribution is 5.77. The summed E-state index contributed by atoms with van der Waals surface area (Å²) in [6, 6.07) is 0.221. The summed E-state index contributed by atoms with van der Waals surface area (Å²) >= 11 is 0. The largest absolute Gasteiger partial charge is 0.481 e. The van der Waals surface area contributed by atoms with E-state index in [-0.39, 0.29) is 18.0 Å². The number of fused-ring (bicyclic) bond motifs is 1. The fourth-order valence-corrected chi connectivity index (χ4v) is 2.30. The van der Waals surface area contributed by atoms with Crippen molar-refractivity contribution in [3.8, 4) is 0 Å². The first kappa shape index (κ1) is 11.2. The van der Waals surface area contributed by atoms with Crippen LogP contribution in [0.5, 0.6) is 0 Å². The number of carboxylic acids is 1. The van der Waals surface area contributed by atoms with Gasteiger partial charge in [0.1, 0.15) is 0 Å². The number of urea groups is 1. The zero-order chi connectivity index (χ0) is 11.7. The van der Waals surface area contributed by atoms with Crippen LogP contribution in [0.3, 0.4) is 0 Å². The van der Waals surface area contributed by atoms with Crippen LogP contribution in [-0.2, 0) is 4.79 Å². The average molecular weight is 227 g/mol. The van der Waals surface area contributed by atoms with E-state index in [1.807, 2.05) is 4.90 Å². The van der Waals surface area contributed by atoms with Crippen LogP contribution in [0.4, 0.5) is 4.79 Å². The van der Waals surface area contributed by atoms with Gasteiger partial charge in [-0.1, -0.05) is 6.92 Å². The molecular formula is C10H17N3O3. The Bertz CT molecular complexity index is 308. The maximum absolute atomic E-state index is 11.3. The lowest BCUT2D eigenvalue weighted by atomic mass is 10.1. The number of hydrogen-bond acceptors (Lipinski definition) is 3. The third-order valence-electron chi connectivity index (χ3n) is 3.27. The van der Waals surface area contributed by atoms with E-state index < -0.39 is 5.97 Å². The summed E-state index contributed by atoms with van der Waals surface area (Å²) in [5.41, 5.74) is 0. The van der Waals surface area contributed by atoms with E-state index in [2.05, 4.69) is 10.2 Å². The Kier molecular flexibility index (Phi) is 3.00. The first-order valence-corrected chi connectivity index (χ1v) is 5.57. The zero-order valence-electron chi connectivity index (χ0n) is 9.35. The van der Waals surface area contributed by atoms with Crippen molar-refractivity contribution in [2.24, 2.45) is 5.92 Å². The topological polar surface area (TPSA) is 72.9 Å². The van der Waals surface area contributed by atoms with Gasteiger partial charge in [0.25, 0.3) is 0 Å². The minimum Gasteiger partial charge on any atom is -0.481 e. The summed E-state index contributed by atoms with van der Waals surface area (Å²) in [7, 11) is 0. The summed E-state index contributed by atoms with van der Waals surface area (Å²) in [6.45, 7) is 5.19. The normalized spacial score (nSPS) is 27.4. The smallest absolute Gasteiger partial charge is 0.317 e. The molecule has 2 unspecified atom stereocenters. The Morgan fingerprint density at radius 2 is 2.38 bits per heavy atom. The van der Waals surface area contributed by atoms with Crippen LogP contribution in [0.15, 0.2) is 0 Å². The van der Waals surface area contributed by atoms with Gasteiger partial charge in [0, 0.05) is 32.7 Å². The molecule has 90 valence electrons. The van der Waals surface area contributed by atoms with Crippen molar-refractivity contribution < 1.29 is 14.7 Å². The van der Waals surface area contributed by atoms with Gasteiger partial charge in [0.2, 0.25) is 0 Å². The van der Waals surface area contributed by atoms with Gasteiger partial charge in [-0.3, -0.25) is 9.69 Å². The van der Waals surface area contributed by atoms with Gasteiger partial charge in [-0.2, -0.15) is 0 Å². The van der Waals surface area contributed by atoms with Gasteiger partial charge in [-0.05, 0) is 0 Å².